The predicted octanol–water partition coefficient (Wildman–Crippen LogP) is 3.47. The summed E-state index contributed by atoms with van der Waals surface area (Å²) in [4.78, 5) is 21.7. The average Bonchev–Trinajstić information content (AvgIpc) is 3.52. The summed E-state index contributed by atoms with van der Waals surface area (Å²) in [6.45, 7) is 6.76. The van der Waals surface area contributed by atoms with Crippen molar-refractivity contribution in [3.05, 3.63) is 30.3 Å². The van der Waals surface area contributed by atoms with Crippen molar-refractivity contribution in [2.24, 2.45) is 0 Å². The quantitative estimate of drug-likeness (QED) is 0.641. The van der Waals surface area contributed by atoms with E-state index in [0.29, 0.717) is 11.7 Å². The molecule has 5 rings (SSSR count). The number of benzene rings is 1. The second kappa shape index (κ2) is 8.07. The lowest BCUT2D eigenvalue weighted by atomic mass is 9.96. The zero-order chi connectivity index (χ0) is 21.5. The zero-order valence-corrected chi connectivity index (χ0v) is 18.5. The molecule has 1 unspecified atom stereocenters. The molecule has 164 valence electrons. The smallest absolute Gasteiger partial charge is 0.239 e. The van der Waals surface area contributed by atoms with Crippen LogP contribution in [0.3, 0.4) is 0 Å². The summed E-state index contributed by atoms with van der Waals surface area (Å²) in [5.74, 6) is 1.77. The molecule has 0 saturated carbocycles. The molecule has 0 bridgehead atoms. The predicted molar refractivity (Wildman–Crippen MR) is 118 cm³/mol. The molecule has 3 aromatic rings. The third kappa shape index (κ3) is 3.73. The molecule has 0 aliphatic carbocycles. The highest BCUT2D eigenvalue weighted by Gasteiger charge is 2.34. The average molecular weight is 423 g/mol. The van der Waals surface area contributed by atoms with E-state index in [2.05, 4.69) is 41.1 Å². The molecule has 2 aliphatic heterocycles. The van der Waals surface area contributed by atoms with Gasteiger partial charge in [0.25, 0.3) is 0 Å². The van der Waals surface area contributed by atoms with Gasteiger partial charge >= 0.3 is 0 Å². The third-order valence-corrected chi connectivity index (χ3v) is 6.75. The van der Waals surface area contributed by atoms with Gasteiger partial charge in [0.1, 0.15) is 0 Å². The minimum atomic E-state index is 0.0563. The van der Waals surface area contributed by atoms with Gasteiger partial charge in [-0.05, 0) is 59.2 Å². The van der Waals surface area contributed by atoms with Crippen molar-refractivity contribution < 1.29 is 9.32 Å². The Hall–Kier alpha value is -2.74. The molecule has 8 heteroatoms. The fourth-order valence-electron chi connectivity index (χ4n) is 4.89. The van der Waals surface area contributed by atoms with E-state index in [1.807, 2.05) is 28.9 Å². The van der Waals surface area contributed by atoms with Crippen molar-refractivity contribution in [2.75, 3.05) is 26.7 Å². The number of hydrogen-bond acceptors (Lipinski definition) is 6. The number of likely N-dealkylation sites (N-methyl/N-ethyl adjacent to an activating group) is 1. The summed E-state index contributed by atoms with van der Waals surface area (Å²) >= 11 is 0. The highest BCUT2D eigenvalue weighted by molar-refractivity contribution is 5.83. The molecule has 2 fully saturated rings. The van der Waals surface area contributed by atoms with Gasteiger partial charge in [-0.3, -0.25) is 14.4 Å². The Morgan fingerprint density at radius 2 is 1.97 bits per heavy atom. The van der Waals surface area contributed by atoms with Crippen LogP contribution >= 0.6 is 0 Å². The summed E-state index contributed by atoms with van der Waals surface area (Å²) in [5, 5.41) is 9.83. The van der Waals surface area contributed by atoms with Crippen LogP contribution in [0, 0.1) is 0 Å². The number of fused-ring (bicyclic) bond motifs is 1. The second-order valence-electron chi connectivity index (χ2n) is 9.15. The Morgan fingerprint density at radius 3 is 2.68 bits per heavy atom. The summed E-state index contributed by atoms with van der Waals surface area (Å²) < 4.78 is 7.66. The van der Waals surface area contributed by atoms with Gasteiger partial charge in [-0.1, -0.05) is 17.3 Å². The maximum absolute atomic E-state index is 12.8. The van der Waals surface area contributed by atoms with Gasteiger partial charge in [0.05, 0.1) is 17.8 Å². The maximum Gasteiger partial charge on any atom is 0.239 e. The summed E-state index contributed by atoms with van der Waals surface area (Å²) in [5.41, 5.74) is 2.00. The molecule has 4 heterocycles. The number of likely N-dealkylation sites (tertiary alicyclic amines) is 2. The van der Waals surface area contributed by atoms with Crippen LogP contribution in [0.2, 0.25) is 0 Å². The molecule has 0 N–H and O–H groups in total. The number of rotatable bonds is 4. The number of amides is 1. The van der Waals surface area contributed by atoms with E-state index in [1.54, 1.807) is 0 Å². The van der Waals surface area contributed by atoms with Gasteiger partial charge < -0.3 is 9.42 Å². The van der Waals surface area contributed by atoms with E-state index >= 15 is 0 Å². The molecule has 0 spiro atoms. The van der Waals surface area contributed by atoms with E-state index < -0.39 is 0 Å². The molecule has 2 aliphatic rings. The van der Waals surface area contributed by atoms with Crippen molar-refractivity contribution in [1.29, 1.82) is 0 Å². The van der Waals surface area contributed by atoms with Gasteiger partial charge in [-0.25, -0.2) is 0 Å². The first-order chi connectivity index (χ1) is 15.0. The minimum Gasteiger partial charge on any atom is -0.341 e. The Morgan fingerprint density at radius 1 is 1.16 bits per heavy atom. The monoisotopic (exact) mass is 422 g/mol. The lowest BCUT2D eigenvalue weighted by molar-refractivity contribution is -0.136. The van der Waals surface area contributed by atoms with Gasteiger partial charge in [0.15, 0.2) is 0 Å². The fourth-order valence-corrected chi connectivity index (χ4v) is 4.89. The highest BCUT2D eigenvalue weighted by atomic mass is 16.5. The number of aromatic nitrogens is 4. The van der Waals surface area contributed by atoms with Crippen LogP contribution < -0.4 is 0 Å². The van der Waals surface area contributed by atoms with Crippen LogP contribution in [0.1, 0.15) is 57.4 Å². The number of carbonyl (C=O) groups is 1. The largest absolute Gasteiger partial charge is 0.341 e. The molecule has 8 nitrogen and oxygen atoms in total. The first-order valence-electron chi connectivity index (χ1n) is 11.3. The Labute approximate surface area is 182 Å². The fraction of sp³-hybridized carbons (Fsp3) is 0.565. The Bertz CT molecular complexity index is 1080. The van der Waals surface area contributed by atoms with Crippen molar-refractivity contribution in [3.8, 4) is 11.4 Å². The molecule has 0 radical (unpaired) electrons. The minimum absolute atomic E-state index is 0.0563. The van der Waals surface area contributed by atoms with Crippen LogP contribution in [0.25, 0.3) is 22.3 Å². The summed E-state index contributed by atoms with van der Waals surface area (Å²) in [7, 11) is 2.05. The van der Waals surface area contributed by atoms with Gasteiger partial charge in [0, 0.05) is 36.0 Å². The second-order valence-corrected chi connectivity index (χ2v) is 9.15. The normalized spacial score (nSPS) is 20.9. The lowest BCUT2D eigenvalue weighted by Crippen LogP contribution is -2.47. The van der Waals surface area contributed by atoms with Crippen LogP contribution in [0.15, 0.2) is 28.9 Å². The molecule has 31 heavy (non-hydrogen) atoms. The molecule has 1 aromatic carbocycles. The van der Waals surface area contributed by atoms with Gasteiger partial charge in [0.2, 0.25) is 17.6 Å². The topological polar surface area (TPSA) is 80.3 Å². The summed E-state index contributed by atoms with van der Waals surface area (Å²) in [6.07, 6.45) is 5.70. The third-order valence-electron chi connectivity index (χ3n) is 6.75. The van der Waals surface area contributed by atoms with Crippen LogP contribution in [0.5, 0.6) is 0 Å². The van der Waals surface area contributed by atoms with E-state index in [0.717, 1.165) is 61.8 Å². The van der Waals surface area contributed by atoms with Gasteiger partial charge in [-0.2, -0.15) is 10.1 Å². The van der Waals surface area contributed by atoms with Crippen molar-refractivity contribution in [3.63, 3.8) is 0 Å². The molecular formula is C23H30N6O2. The standard InChI is InChI=1S/C23H30N6O2/c1-15(2)29-20-13-17(6-7-18(20)14-24-29)21-25-22(31-26-21)16-8-11-28(12-9-16)23(30)19-5-4-10-27(19)3/h6-7,13-16,19H,4-5,8-12H2,1-3H3. The SMILES string of the molecule is CC(C)n1ncc2ccc(-c3noc(C4CCN(C(=O)C5CCCN5C)CC4)n3)cc21. The number of carbonyl (C=O) groups excluding carboxylic acids is 1. The summed E-state index contributed by atoms with van der Waals surface area (Å²) in [6, 6.07) is 6.49. The van der Waals surface area contributed by atoms with Gasteiger partial charge in [-0.15, -0.1) is 0 Å². The molecule has 2 aromatic heterocycles. The molecule has 1 amide bonds. The van der Waals surface area contributed by atoms with Crippen LogP contribution in [0.4, 0.5) is 0 Å². The van der Waals surface area contributed by atoms with Crippen molar-refractivity contribution in [1.82, 2.24) is 29.7 Å². The van der Waals surface area contributed by atoms with Crippen LogP contribution in [-0.4, -0.2) is 68.4 Å². The maximum atomic E-state index is 12.8. The van der Waals surface area contributed by atoms with Crippen molar-refractivity contribution in [2.45, 2.75) is 57.5 Å². The van der Waals surface area contributed by atoms with Crippen LogP contribution in [-0.2, 0) is 4.79 Å². The molecular weight excluding hydrogens is 392 g/mol. The van der Waals surface area contributed by atoms with E-state index in [-0.39, 0.29) is 23.9 Å². The first-order valence-corrected chi connectivity index (χ1v) is 11.3. The van der Waals surface area contributed by atoms with E-state index in [1.165, 1.54) is 0 Å². The van der Waals surface area contributed by atoms with E-state index in [9.17, 15) is 4.79 Å². The Kier molecular flexibility index (Phi) is 5.25. The molecule has 1 atom stereocenters. The number of piperidine rings is 1. The zero-order valence-electron chi connectivity index (χ0n) is 18.5. The number of nitrogens with zero attached hydrogens (tertiary/aromatic N) is 6. The first kappa shape index (κ1) is 20.2. The highest BCUT2D eigenvalue weighted by Crippen LogP contribution is 2.31. The van der Waals surface area contributed by atoms with E-state index in [4.69, 9.17) is 9.51 Å². The lowest BCUT2D eigenvalue weighted by Gasteiger charge is -2.33. The number of hydrogen-bond donors (Lipinski definition) is 0. The molecule has 2 saturated heterocycles. The Balaban J connectivity index is 1.28. The van der Waals surface area contributed by atoms with Crippen molar-refractivity contribution >= 4 is 16.8 Å².